The maximum absolute atomic E-state index is 13.9. The second-order valence-electron chi connectivity index (χ2n) is 10.5. The number of ether oxygens (including phenoxy) is 1. The molecule has 4 aromatic rings. The summed E-state index contributed by atoms with van der Waals surface area (Å²) in [5, 5.41) is 3.57. The Kier molecular flexibility index (Phi) is 8.50. The minimum absolute atomic E-state index is 0.00493. The first-order chi connectivity index (χ1) is 22.5. The van der Waals surface area contributed by atoms with E-state index >= 15 is 0 Å². The number of fused-ring (bicyclic) bond motifs is 2. The highest BCUT2D eigenvalue weighted by atomic mass is 35.5. The zero-order valence-corrected chi connectivity index (χ0v) is 25.9. The standard InChI is InChI=1S/C33H24ClN3O9S/c34-22-5-3-4-20(16-22)18-36-26-13-8-21(17-28(26)47(43,44)27-7-2-1-6-25(27)33(36)42)32(41)35-23-9-11-24(12-10-23)45-19-31(40)46-37-29(38)14-15-30(37)39/h1-13,16-17H,14-15,18-19H2,(H,35,41). The number of carbonyl (C=O) groups excluding carboxylic acids is 5. The lowest BCUT2D eigenvalue weighted by molar-refractivity contribution is -0.198. The molecular formula is C33H24ClN3O9S. The van der Waals surface area contributed by atoms with E-state index in [1.807, 2.05) is 0 Å². The molecule has 0 bridgehead atoms. The molecule has 2 heterocycles. The predicted molar refractivity (Wildman–Crippen MR) is 167 cm³/mol. The van der Waals surface area contributed by atoms with E-state index in [2.05, 4.69) is 5.32 Å². The number of amides is 4. The predicted octanol–water partition coefficient (Wildman–Crippen LogP) is 4.57. The summed E-state index contributed by atoms with van der Waals surface area (Å²) in [5.74, 6) is -3.07. The number of hydroxylamine groups is 2. The number of hydrogen-bond acceptors (Lipinski definition) is 9. The highest BCUT2D eigenvalue weighted by Gasteiger charge is 2.36. The summed E-state index contributed by atoms with van der Waals surface area (Å²) in [7, 11) is -4.23. The summed E-state index contributed by atoms with van der Waals surface area (Å²) in [4.78, 5) is 67.9. The van der Waals surface area contributed by atoms with E-state index in [1.165, 1.54) is 65.6 Å². The Bertz CT molecular complexity index is 2050. The van der Waals surface area contributed by atoms with E-state index < -0.39 is 46.0 Å². The van der Waals surface area contributed by atoms with Gasteiger partial charge in [0.1, 0.15) is 5.75 Å². The molecule has 0 aromatic heterocycles. The quantitative estimate of drug-likeness (QED) is 0.265. The van der Waals surface area contributed by atoms with Crippen molar-refractivity contribution in [3.63, 3.8) is 0 Å². The average molecular weight is 674 g/mol. The van der Waals surface area contributed by atoms with Crippen molar-refractivity contribution in [2.45, 2.75) is 29.2 Å². The highest BCUT2D eigenvalue weighted by Crippen LogP contribution is 2.38. The van der Waals surface area contributed by atoms with Gasteiger partial charge in [-0.05, 0) is 72.3 Å². The molecule has 1 N–H and O–H groups in total. The van der Waals surface area contributed by atoms with Crippen LogP contribution in [-0.4, -0.2) is 49.7 Å². The lowest BCUT2D eigenvalue weighted by Gasteiger charge is -2.23. The van der Waals surface area contributed by atoms with Gasteiger partial charge in [-0.2, -0.15) is 0 Å². The summed E-state index contributed by atoms with van der Waals surface area (Å²) in [6, 6.07) is 22.8. The fraction of sp³-hybridized carbons (Fsp3) is 0.121. The van der Waals surface area contributed by atoms with E-state index in [0.717, 1.165) is 0 Å². The Morgan fingerprint density at radius 2 is 1.55 bits per heavy atom. The third kappa shape index (κ3) is 6.44. The summed E-state index contributed by atoms with van der Waals surface area (Å²) >= 11 is 6.16. The SMILES string of the molecule is O=C(COc1ccc(NC(=O)c2ccc3c(c2)S(=O)(=O)c2ccccc2C(=O)N3Cc2cccc(Cl)c2)cc1)ON1C(=O)CCC1=O. The summed E-state index contributed by atoms with van der Waals surface area (Å²) in [6.45, 7) is -0.547. The zero-order chi connectivity index (χ0) is 33.3. The van der Waals surface area contributed by atoms with Crippen LogP contribution in [0, 0.1) is 0 Å². The summed E-state index contributed by atoms with van der Waals surface area (Å²) < 4.78 is 33.2. The third-order valence-corrected chi connectivity index (χ3v) is 9.43. The van der Waals surface area contributed by atoms with Crippen molar-refractivity contribution in [3.05, 3.63) is 113 Å². The van der Waals surface area contributed by atoms with Gasteiger partial charge in [-0.3, -0.25) is 19.2 Å². The van der Waals surface area contributed by atoms with Crippen molar-refractivity contribution in [3.8, 4) is 5.75 Å². The van der Waals surface area contributed by atoms with Gasteiger partial charge < -0.3 is 19.8 Å². The molecule has 14 heteroatoms. The number of carbonyl (C=O) groups is 5. The smallest absolute Gasteiger partial charge is 0.370 e. The van der Waals surface area contributed by atoms with Crippen molar-refractivity contribution in [2.75, 3.05) is 16.8 Å². The Hall–Kier alpha value is -5.53. The Morgan fingerprint density at radius 3 is 2.28 bits per heavy atom. The summed E-state index contributed by atoms with van der Waals surface area (Å²) in [5.41, 5.74) is 1.15. The second kappa shape index (κ2) is 12.7. The maximum atomic E-state index is 13.9. The van der Waals surface area contributed by atoms with Crippen LogP contribution in [-0.2, 0) is 35.6 Å². The Morgan fingerprint density at radius 1 is 0.830 bits per heavy atom. The van der Waals surface area contributed by atoms with Crippen LogP contribution in [0.25, 0.3) is 0 Å². The van der Waals surface area contributed by atoms with Gasteiger partial charge in [0, 0.05) is 29.1 Å². The monoisotopic (exact) mass is 673 g/mol. The fourth-order valence-corrected chi connectivity index (χ4v) is 6.97. The molecule has 1 saturated heterocycles. The second-order valence-corrected chi connectivity index (χ2v) is 12.8. The van der Waals surface area contributed by atoms with E-state index in [-0.39, 0.29) is 51.7 Å². The average Bonchev–Trinajstić information content (AvgIpc) is 3.35. The minimum Gasteiger partial charge on any atom is -0.482 e. The van der Waals surface area contributed by atoms with Gasteiger partial charge in [0.15, 0.2) is 6.61 Å². The molecule has 1 fully saturated rings. The lowest BCUT2D eigenvalue weighted by atomic mass is 10.1. The van der Waals surface area contributed by atoms with Crippen LogP contribution in [0.1, 0.15) is 39.1 Å². The number of imide groups is 1. The number of nitrogens with one attached hydrogen (secondary N) is 1. The molecular weight excluding hydrogens is 650 g/mol. The highest BCUT2D eigenvalue weighted by molar-refractivity contribution is 7.91. The minimum atomic E-state index is -4.23. The van der Waals surface area contributed by atoms with Crippen LogP contribution < -0.4 is 15.0 Å². The molecule has 0 unspecified atom stereocenters. The molecule has 2 aliphatic rings. The normalized spacial score (nSPS) is 15.0. The van der Waals surface area contributed by atoms with Crippen LogP contribution in [0.15, 0.2) is 101 Å². The topological polar surface area (TPSA) is 156 Å². The number of sulfone groups is 1. The molecule has 47 heavy (non-hydrogen) atoms. The first-order valence-electron chi connectivity index (χ1n) is 14.2. The van der Waals surface area contributed by atoms with Gasteiger partial charge in [-0.25, -0.2) is 13.2 Å². The molecule has 2 aliphatic heterocycles. The van der Waals surface area contributed by atoms with E-state index in [4.69, 9.17) is 21.2 Å². The van der Waals surface area contributed by atoms with Crippen molar-refractivity contribution < 1.29 is 42.0 Å². The molecule has 238 valence electrons. The van der Waals surface area contributed by atoms with Crippen LogP contribution in [0.2, 0.25) is 5.02 Å². The van der Waals surface area contributed by atoms with Crippen LogP contribution in [0.5, 0.6) is 5.75 Å². The molecule has 0 saturated carbocycles. The van der Waals surface area contributed by atoms with E-state index in [1.54, 1.807) is 30.3 Å². The first kappa shape index (κ1) is 31.5. The number of anilines is 2. The fourth-order valence-electron chi connectivity index (χ4n) is 5.09. The molecule has 12 nitrogen and oxygen atoms in total. The van der Waals surface area contributed by atoms with E-state index in [9.17, 15) is 32.4 Å². The Balaban J connectivity index is 1.21. The number of benzene rings is 4. The van der Waals surface area contributed by atoms with Crippen LogP contribution >= 0.6 is 11.6 Å². The van der Waals surface area contributed by atoms with Gasteiger partial charge in [0.2, 0.25) is 9.84 Å². The maximum Gasteiger partial charge on any atom is 0.370 e. The van der Waals surface area contributed by atoms with Crippen molar-refractivity contribution >= 4 is 62.4 Å². The van der Waals surface area contributed by atoms with Crippen molar-refractivity contribution in [1.82, 2.24) is 5.06 Å². The number of rotatable bonds is 8. The van der Waals surface area contributed by atoms with Crippen LogP contribution in [0.3, 0.4) is 0 Å². The first-order valence-corrected chi connectivity index (χ1v) is 16.0. The number of hydrogen-bond donors (Lipinski definition) is 1. The number of halogens is 1. The third-order valence-electron chi connectivity index (χ3n) is 7.35. The van der Waals surface area contributed by atoms with Crippen molar-refractivity contribution in [1.29, 1.82) is 0 Å². The van der Waals surface area contributed by atoms with Gasteiger partial charge in [-0.1, -0.05) is 35.9 Å². The Labute approximate surface area is 273 Å². The molecule has 6 rings (SSSR count). The van der Waals surface area contributed by atoms with Gasteiger partial charge >= 0.3 is 5.97 Å². The molecule has 0 atom stereocenters. The molecule has 4 amide bonds. The molecule has 0 spiro atoms. The van der Waals surface area contributed by atoms with Gasteiger partial charge in [0.05, 0.1) is 27.6 Å². The number of nitrogens with zero attached hydrogens (tertiary/aromatic N) is 2. The van der Waals surface area contributed by atoms with Crippen LogP contribution in [0.4, 0.5) is 11.4 Å². The largest absolute Gasteiger partial charge is 0.482 e. The van der Waals surface area contributed by atoms with Gasteiger partial charge in [-0.15, -0.1) is 5.06 Å². The van der Waals surface area contributed by atoms with E-state index in [0.29, 0.717) is 21.3 Å². The summed E-state index contributed by atoms with van der Waals surface area (Å²) in [6.07, 6.45) is -0.0606. The van der Waals surface area contributed by atoms with Crippen molar-refractivity contribution in [2.24, 2.45) is 0 Å². The molecule has 4 aromatic carbocycles. The molecule has 0 aliphatic carbocycles. The van der Waals surface area contributed by atoms with Gasteiger partial charge in [0.25, 0.3) is 23.6 Å². The molecule has 0 radical (unpaired) electrons. The zero-order valence-electron chi connectivity index (χ0n) is 24.3. The lowest BCUT2D eigenvalue weighted by Crippen LogP contribution is -2.33.